The normalized spacial score (nSPS) is 24.8. The van der Waals surface area contributed by atoms with E-state index >= 15 is 0 Å². The first-order valence-corrected chi connectivity index (χ1v) is 10.5. The van der Waals surface area contributed by atoms with Gasteiger partial charge in [0, 0.05) is 31.5 Å². The lowest BCUT2D eigenvalue weighted by molar-refractivity contribution is -0.200. The Balaban J connectivity index is 1.48. The standard InChI is InChI=1S/C21H23ClF3NO5/c1-11-13(17(27)29-3)10-14(22)16-15(11)30-19(2,31-16)12-4-8-26(9-5-12)18(28)20(6-7-20)21(23,24)25/h10,12H,4-9H2,1-3H3. The summed E-state index contributed by atoms with van der Waals surface area (Å²) >= 11 is 6.31. The Morgan fingerprint density at radius 1 is 1.19 bits per heavy atom. The van der Waals surface area contributed by atoms with Crippen molar-refractivity contribution in [3.05, 3.63) is 22.2 Å². The van der Waals surface area contributed by atoms with Crippen molar-refractivity contribution in [3.63, 3.8) is 0 Å². The third-order valence-electron chi connectivity index (χ3n) is 6.68. The molecule has 0 N–H and O–H groups in total. The molecule has 4 rings (SSSR count). The summed E-state index contributed by atoms with van der Waals surface area (Å²) in [5.74, 6) is -2.00. The Kier molecular flexibility index (Phi) is 5.11. The van der Waals surface area contributed by atoms with Crippen molar-refractivity contribution >= 4 is 23.5 Å². The van der Waals surface area contributed by atoms with E-state index < -0.39 is 29.3 Å². The van der Waals surface area contributed by atoms with Gasteiger partial charge in [-0.3, -0.25) is 4.79 Å². The number of carbonyl (C=O) groups is 2. The molecule has 10 heteroatoms. The fourth-order valence-electron chi connectivity index (χ4n) is 4.49. The summed E-state index contributed by atoms with van der Waals surface area (Å²) in [6, 6.07) is 1.46. The molecule has 1 saturated carbocycles. The smallest absolute Gasteiger partial charge is 0.403 e. The molecule has 0 bridgehead atoms. The quantitative estimate of drug-likeness (QED) is 0.620. The number of benzene rings is 1. The van der Waals surface area contributed by atoms with E-state index in [4.69, 9.17) is 25.8 Å². The molecule has 0 spiro atoms. The van der Waals surface area contributed by atoms with E-state index in [1.54, 1.807) is 13.8 Å². The van der Waals surface area contributed by atoms with E-state index in [1.165, 1.54) is 18.1 Å². The highest BCUT2D eigenvalue weighted by Crippen LogP contribution is 2.59. The fraction of sp³-hybridized carbons (Fsp3) is 0.619. The van der Waals surface area contributed by atoms with Crippen molar-refractivity contribution in [1.82, 2.24) is 4.90 Å². The van der Waals surface area contributed by atoms with Crippen LogP contribution in [0.2, 0.25) is 5.02 Å². The molecule has 1 saturated heterocycles. The van der Waals surface area contributed by atoms with Crippen molar-refractivity contribution in [2.45, 2.75) is 51.5 Å². The van der Waals surface area contributed by atoms with Gasteiger partial charge in [-0.15, -0.1) is 0 Å². The highest BCUT2D eigenvalue weighted by atomic mass is 35.5. The lowest BCUT2D eigenvalue weighted by Crippen LogP contribution is -2.52. The summed E-state index contributed by atoms with van der Waals surface area (Å²) in [6.45, 7) is 3.82. The fourth-order valence-corrected chi connectivity index (χ4v) is 4.72. The van der Waals surface area contributed by atoms with Crippen LogP contribution in [0.4, 0.5) is 13.2 Å². The largest absolute Gasteiger partial charge is 0.465 e. The second-order valence-electron chi connectivity index (χ2n) is 8.55. The third kappa shape index (κ3) is 3.41. The molecule has 6 nitrogen and oxygen atoms in total. The summed E-state index contributed by atoms with van der Waals surface area (Å²) in [5, 5.41) is 0.207. The van der Waals surface area contributed by atoms with Gasteiger partial charge in [0.15, 0.2) is 11.5 Å². The molecule has 170 valence electrons. The van der Waals surface area contributed by atoms with Crippen molar-refractivity contribution in [3.8, 4) is 11.5 Å². The second-order valence-corrected chi connectivity index (χ2v) is 8.95. The predicted molar refractivity (Wildman–Crippen MR) is 104 cm³/mol. The summed E-state index contributed by atoms with van der Waals surface area (Å²) in [5.41, 5.74) is -1.40. The molecule has 1 atom stereocenters. The molecule has 1 aromatic rings. The molecular formula is C21H23ClF3NO5. The van der Waals surface area contributed by atoms with Gasteiger partial charge in [-0.1, -0.05) is 11.6 Å². The van der Waals surface area contributed by atoms with Crippen molar-refractivity contribution < 1.29 is 37.0 Å². The number of nitrogens with zero attached hydrogens (tertiary/aromatic N) is 1. The molecule has 2 heterocycles. The SMILES string of the molecule is COC(=O)c1cc(Cl)c2c(c1C)OC(C)(C1CCN(C(=O)C3(C(F)(F)F)CC3)CC1)O2. The van der Waals surface area contributed by atoms with E-state index in [2.05, 4.69) is 0 Å². The van der Waals surface area contributed by atoms with Gasteiger partial charge in [0.25, 0.3) is 5.79 Å². The Bertz CT molecular complexity index is 938. The van der Waals surface area contributed by atoms with Crippen LogP contribution in [0.5, 0.6) is 11.5 Å². The van der Waals surface area contributed by atoms with Crippen LogP contribution in [0.1, 0.15) is 48.5 Å². The first-order chi connectivity index (χ1) is 14.4. The minimum atomic E-state index is -4.52. The van der Waals surface area contributed by atoms with Crippen molar-refractivity contribution in [2.75, 3.05) is 20.2 Å². The number of esters is 1. The Labute approximate surface area is 182 Å². The number of methoxy groups -OCH3 is 1. The number of alkyl halides is 3. The minimum Gasteiger partial charge on any atom is -0.465 e. The van der Waals surface area contributed by atoms with Crippen LogP contribution < -0.4 is 9.47 Å². The zero-order valence-corrected chi connectivity index (χ0v) is 18.2. The third-order valence-corrected chi connectivity index (χ3v) is 6.96. The van der Waals surface area contributed by atoms with Gasteiger partial charge in [-0.2, -0.15) is 13.2 Å². The molecule has 31 heavy (non-hydrogen) atoms. The van der Waals surface area contributed by atoms with Crippen molar-refractivity contribution in [1.29, 1.82) is 0 Å². The zero-order chi connectivity index (χ0) is 22.8. The topological polar surface area (TPSA) is 65.1 Å². The number of rotatable bonds is 3. The molecule has 0 aromatic heterocycles. The summed E-state index contributed by atoms with van der Waals surface area (Å²) in [6.07, 6.45) is -3.96. The van der Waals surface area contributed by atoms with Gasteiger partial charge in [0.05, 0.1) is 17.7 Å². The molecular weight excluding hydrogens is 439 g/mol. The number of ether oxygens (including phenoxy) is 3. The average molecular weight is 462 g/mol. The van der Waals surface area contributed by atoms with Gasteiger partial charge in [0.1, 0.15) is 5.41 Å². The number of amides is 1. The van der Waals surface area contributed by atoms with Crippen LogP contribution in [-0.4, -0.2) is 48.9 Å². The number of hydrogen-bond donors (Lipinski definition) is 0. The van der Waals surface area contributed by atoms with Gasteiger partial charge < -0.3 is 19.1 Å². The molecule has 1 aliphatic carbocycles. The monoisotopic (exact) mass is 461 g/mol. The molecule has 3 aliphatic rings. The molecule has 1 amide bonds. The van der Waals surface area contributed by atoms with Crippen LogP contribution >= 0.6 is 11.6 Å². The van der Waals surface area contributed by atoms with Gasteiger partial charge in [-0.05, 0) is 38.7 Å². The van der Waals surface area contributed by atoms with Gasteiger partial charge in [0.2, 0.25) is 5.91 Å². The lowest BCUT2D eigenvalue weighted by atomic mass is 9.88. The second kappa shape index (κ2) is 7.18. The van der Waals surface area contributed by atoms with E-state index in [-0.39, 0.29) is 42.4 Å². The number of likely N-dealkylation sites (tertiary alicyclic amines) is 1. The maximum atomic E-state index is 13.3. The lowest BCUT2D eigenvalue weighted by Gasteiger charge is -2.40. The van der Waals surface area contributed by atoms with Crippen molar-refractivity contribution in [2.24, 2.45) is 11.3 Å². The van der Waals surface area contributed by atoms with E-state index in [1.807, 2.05) is 0 Å². The van der Waals surface area contributed by atoms with Crippen LogP contribution in [0.3, 0.4) is 0 Å². The van der Waals surface area contributed by atoms with Crippen LogP contribution in [0, 0.1) is 18.3 Å². The molecule has 0 radical (unpaired) electrons. The molecule has 2 aliphatic heterocycles. The molecule has 1 unspecified atom stereocenters. The number of piperidine rings is 1. The first kappa shape index (κ1) is 22.0. The summed E-state index contributed by atoms with van der Waals surface area (Å²) < 4.78 is 56.8. The first-order valence-electron chi connectivity index (χ1n) is 10.1. The maximum Gasteiger partial charge on any atom is 0.403 e. The number of hydrogen-bond acceptors (Lipinski definition) is 5. The van der Waals surface area contributed by atoms with E-state index in [0.717, 1.165) is 0 Å². The van der Waals surface area contributed by atoms with Crippen LogP contribution in [0.15, 0.2) is 6.07 Å². The van der Waals surface area contributed by atoms with E-state index in [9.17, 15) is 22.8 Å². The molecule has 2 fully saturated rings. The summed E-state index contributed by atoms with van der Waals surface area (Å²) in [4.78, 5) is 25.8. The number of carbonyl (C=O) groups excluding carboxylic acids is 2. The number of halogens is 4. The highest BCUT2D eigenvalue weighted by molar-refractivity contribution is 6.32. The van der Waals surface area contributed by atoms with Crippen LogP contribution in [-0.2, 0) is 9.53 Å². The van der Waals surface area contributed by atoms with Gasteiger partial charge in [-0.25, -0.2) is 4.79 Å². The summed E-state index contributed by atoms with van der Waals surface area (Å²) in [7, 11) is 1.27. The Hall–Kier alpha value is -2.16. The molecule has 1 aromatic carbocycles. The van der Waals surface area contributed by atoms with Crippen LogP contribution in [0.25, 0.3) is 0 Å². The predicted octanol–water partition coefficient (Wildman–Crippen LogP) is 4.50. The minimum absolute atomic E-state index is 0.144. The number of fused-ring (bicyclic) bond motifs is 1. The van der Waals surface area contributed by atoms with E-state index in [0.29, 0.717) is 29.9 Å². The van der Waals surface area contributed by atoms with Gasteiger partial charge >= 0.3 is 12.1 Å². The average Bonchev–Trinajstić information content (AvgIpc) is 3.47. The maximum absolute atomic E-state index is 13.3. The zero-order valence-electron chi connectivity index (χ0n) is 17.4. The highest BCUT2D eigenvalue weighted by Gasteiger charge is 2.69. The Morgan fingerprint density at radius 2 is 1.77 bits per heavy atom. The Morgan fingerprint density at radius 3 is 2.29 bits per heavy atom.